The van der Waals surface area contributed by atoms with E-state index in [9.17, 15) is 14.4 Å². The number of nitrogens with zero attached hydrogens (tertiary/aromatic N) is 2. The number of benzene rings is 1. The molecule has 31 heavy (non-hydrogen) atoms. The third-order valence-corrected chi connectivity index (χ3v) is 6.80. The second-order valence-electron chi connectivity index (χ2n) is 7.24. The molecule has 0 saturated heterocycles. The van der Waals surface area contributed by atoms with Crippen LogP contribution in [0, 0.1) is 0 Å². The number of carbonyl (C=O) groups is 2. The van der Waals surface area contributed by atoms with Gasteiger partial charge in [0.25, 0.3) is 0 Å². The average molecular weight is 455 g/mol. The van der Waals surface area contributed by atoms with E-state index in [1.54, 1.807) is 40.2 Å². The van der Waals surface area contributed by atoms with Crippen molar-refractivity contribution in [2.75, 3.05) is 16.4 Å². The summed E-state index contributed by atoms with van der Waals surface area (Å²) >= 11 is 2.93. The maximum atomic E-state index is 12.7. The number of anilines is 2. The van der Waals surface area contributed by atoms with Crippen LogP contribution in [-0.2, 0) is 29.0 Å². The number of nitrogens with one attached hydrogen (secondary N) is 2. The van der Waals surface area contributed by atoms with Crippen LogP contribution in [0.1, 0.15) is 29.5 Å². The highest BCUT2D eigenvalue weighted by Gasteiger charge is 2.22. The molecule has 0 bridgehead atoms. The van der Waals surface area contributed by atoms with Gasteiger partial charge in [-0.25, -0.2) is 4.79 Å². The van der Waals surface area contributed by atoms with Crippen LogP contribution >= 0.6 is 23.1 Å². The van der Waals surface area contributed by atoms with E-state index in [4.69, 9.17) is 0 Å². The number of hydrogen-bond donors (Lipinski definition) is 2. The molecule has 0 atom stereocenters. The summed E-state index contributed by atoms with van der Waals surface area (Å²) in [5, 5.41) is 8.19. The first kappa shape index (κ1) is 21.3. The van der Waals surface area contributed by atoms with Crippen LogP contribution in [0.2, 0.25) is 0 Å². The van der Waals surface area contributed by atoms with Gasteiger partial charge in [0, 0.05) is 34.4 Å². The van der Waals surface area contributed by atoms with E-state index >= 15 is 0 Å². The molecule has 7 nitrogen and oxygen atoms in total. The van der Waals surface area contributed by atoms with Crippen LogP contribution in [0.4, 0.5) is 11.4 Å². The van der Waals surface area contributed by atoms with E-state index in [0.29, 0.717) is 22.9 Å². The number of carbonyl (C=O) groups excluding carboxylic acids is 2. The lowest BCUT2D eigenvalue weighted by atomic mass is 10.2. The van der Waals surface area contributed by atoms with Crippen LogP contribution in [0.15, 0.2) is 51.6 Å². The minimum absolute atomic E-state index is 0.148. The summed E-state index contributed by atoms with van der Waals surface area (Å²) in [7, 11) is 0. The van der Waals surface area contributed by atoms with E-state index in [1.165, 1.54) is 18.7 Å². The molecular formula is C22H22N4O3S2. The Hall–Kier alpha value is -2.91. The van der Waals surface area contributed by atoms with Gasteiger partial charge in [0.1, 0.15) is 5.03 Å². The third kappa shape index (κ3) is 5.23. The van der Waals surface area contributed by atoms with E-state index < -0.39 is 0 Å². The SMILES string of the molecule is CC(=O)Nc1ccc(NC(=O)CSc2nc(=O)n(Cc3cccs3)c3c2CCC3)cc1. The number of amides is 2. The van der Waals surface area contributed by atoms with Crippen molar-refractivity contribution in [2.24, 2.45) is 0 Å². The molecule has 4 rings (SSSR count). The van der Waals surface area contributed by atoms with E-state index in [0.717, 1.165) is 35.4 Å². The Morgan fingerprint density at radius 3 is 2.55 bits per heavy atom. The largest absolute Gasteiger partial charge is 0.349 e. The van der Waals surface area contributed by atoms with Crippen LogP contribution in [0.25, 0.3) is 0 Å². The standard InChI is InChI=1S/C22H22N4O3S2/c1-14(27)23-15-7-9-16(10-8-15)24-20(28)13-31-21-18-5-2-6-19(18)26(22(29)25-21)12-17-4-3-11-30-17/h3-4,7-11H,2,5-6,12-13H2,1H3,(H,23,27)(H,24,28). The van der Waals surface area contributed by atoms with Crippen molar-refractivity contribution in [1.29, 1.82) is 0 Å². The highest BCUT2D eigenvalue weighted by Crippen LogP contribution is 2.30. The van der Waals surface area contributed by atoms with E-state index in [1.807, 2.05) is 17.5 Å². The molecule has 3 aromatic rings. The molecule has 2 amide bonds. The van der Waals surface area contributed by atoms with Gasteiger partial charge < -0.3 is 10.6 Å². The van der Waals surface area contributed by atoms with Crippen molar-refractivity contribution in [2.45, 2.75) is 37.8 Å². The summed E-state index contributed by atoms with van der Waals surface area (Å²) in [4.78, 5) is 41.6. The molecule has 0 spiro atoms. The van der Waals surface area contributed by atoms with E-state index in [2.05, 4.69) is 15.6 Å². The molecule has 0 saturated carbocycles. The van der Waals surface area contributed by atoms with Crippen molar-refractivity contribution < 1.29 is 9.59 Å². The van der Waals surface area contributed by atoms with Gasteiger partial charge in [0.2, 0.25) is 11.8 Å². The molecule has 0 radical (unpaired) electrons. The fraction of sp³-hybridized carbons (Fsp3) is 0.273. The Morgan fingerprint density at radius 2 is 1.87 bits per heavy atom. The van der Waals surface area contributed by atoms with Gasteiger partial charge in [-0.3, -0.25) is 14.2 Å². The first-order valence-electron chi connectivity index (χ1n) is 9.95. The predicted molar refractivity (Wildman–Crippen MR) is 124 cm³/mol. The van der Waals surface area contributed by atoms with Crippen molar-refractivity contribution in [3.05, 3.63) is 68.4 Å². The maximum Gasteiger partial charge on any atom is 0.349 e. The maximum absolute atomic E-state index is 12.7. The third-order valence-electron chi connectivity index (χ3n) is 4.92. The topological polar surface area (TPSA) is 93.1 Å². The fourth-order valence-corrected chi connectivity index (χ4v) is 5.17. The summed E-state index contributed by atoms with van der Waals surface area (Å²) in [6.45, 7) is 1.99. The van der Waals surface area contributed by atoms with Gasteiger partial charge in [0.15, 0.2) is 0 Å². The normalized spacial score (nSPS) is 12.4. The molecule has 160 valence electrons. The van der Waals surface area contributed by atoms with Gasteiger partial charge in [0.05, 0.1) is 12.3 Å². The second-order valence-corrected chi connectivity index (χ2v) is 9.24. The number of thioether (sulfide) groups is 1. The van der Waals surface area contributed by atoms with Crippen LogP contribution in [-0.4, -0.2) is 27.1 Å². The predicted octanol–water partition coefficient (Wildman–Crippen LogP) is 3.53. The molecule has 9 heteroatoms. The highest BCUT2D eigenvalue weighted by atomic mass is 32.2. The van der Waals surface area contributed by atoms with E-state index in [-0.39, 0.29) is 23.3 Å². The van der Waals surface area contributed by atoms with Crippen molar-refractivity contribution in [1.82, 2.24) is 9.55 Å². The molecule has 1 aliphatic rings. The Labute approximate surface area is 187 Å². The van der Waals surface area contributed by atoms with Gasteiger partial charge in [-0.05, 0) is 55.0 Å². The van der Waals surface area contributed by atoms with Crippen molar-refractivity contribution >= 4 is 46.3 Å². The molecule has 0 unspecified atom stereocenters. The summed E-state index contributed by atoms with van der Waals surface area (Å²) in [5.74, 6) is -0.152. The molecule has 2 N–H and O–H groups in total. The zero-order valence-electron chi connectivity index (χ0n) is 17.0. The summed E-state index contributed by atoms with van der Waals surface area (Å²) in [6, 6.07) is 10.9. The number of rotatable bonds is 7. The first-order valence-corrected chi connectivity index (χ1v) is 11.8. The Kier molecular flexibility index (Phi) is 6.53. The Morgan fingerprint density at radius 1 is 1.13 bits per heavy atom. The quantitative estimate of drug-likeness (QED) is 0.421. The first-order chi connectivity index (χ1) is 15.0. The molecule has 2 heterocycles. The lowest BCUT2D eigenvalue weighted by Gasteiger charge is -2.13. The number of thiophene rings is 1. The van der Waals surface area contributed by atoms with Crippen LogP contribution in [0.3, 0.4) is 0 Å². The van der Waals surface area contributed by atoms with Gasteiger partial charge in [-0.15, -0.1) is 11.3 Å². The minimum atomic E-state index is -0.259. The summed E-state index contributed by atoms with van der Waals surface area (Å²) in [5.41, 5.74) is 3.19. The minimum Gasteiger partial charge on any atom is -0.326 e. The highest BCUT2D eigenvalue weighted by molar-refractivity contribution is 8.00. The molecule has 2 aromatic heterocycles. The van der Waals surface area contributed by atoms with Gasteiger partial charge >= 0.3 is 5.69 Å². The molecule has 0 fully saturated rings. The number of fused-ring (bicyclic) bond motifs is 1. The van der Waals surface area contributed by atoms with Crippen molar-refractivity contribution in [3.63, 3.8) is 0 Å². The molecule has 1 aromatic carbocycles. The van der Waals surface area contributed by atoms with Crippen LogP contribution < -0.4 is 16.3 Å². The fourth-order valence-electron chi connectivity index (χ4n) is 3.60. The lowest BCUT2D eigenvalue weighted by molar-refractivity contribution is -0.114. The average Bonchev–Trinajstić information content (AvgIpc) is 3.42. The smallest absolute Gasteiger partial charge is 0.326 e. The lowest BCUT2D eigenvalue weighted by Crippen LogP contribution is -2.27. The monoisotopic (exact) mass is 454 g/mol. The molecular weight excluding hydrogens is 432 g/mol. The van der Waals surface area contributed by atoms with Gasteiger partial charge in [-0.1, -0.05) is 17.8 Å². The zero-order chi connectivity index (χ0) is 21.8. The van der Waals surface area contributed by atoms with Crippen molar-refractivity contribution in [3.8, 4) is 0 Å². The zero-order valence-corrected chi connectivity index (χ0v) is 18.6. The van der Waals surface area contributed by atoms with Crippen LogP contribution in [0.5, 0.6) is 0 Å². The Bertz CT molecular complexity index is 1150. The molecule has 1 aliphatic carbocycles. The summed E-state index contributed by atoms with van der Waals surface area (Å²) < 4.78 is 1.77. The Balaban J connectivity index is 1.42. The number of aromatic nitrogens is 2. The summed E-state index contributed by atoms with van der Waals surface area (Å²) in [6.07, 6.45) is 2.73. The number of hydrogen-bond acceptors (Lipinski definition) is 6. The molecule has 0 aliphatic heterocycles. The second kappa shape index (κ2) is 9.49. The van der Waals surface area contributed by atoms with Gasteiger partial charge in [-0.2, -0.15) is 4.98 Å².